The van der Waals surface area contributed by atoms with Gasteiger partial charge in [0, 0.05) is 11.9 Å². The third kappa shape index (κ3) is 2.93. The fourth-order valence-electron chi connectivity index (χ4n) is 1.53. The second kappa shape index (κ2) is 5.86. The number of carbonyl (C=O) groups is 2. The molecule has 0 spiro atoms. The third-order valence-electron chi connectivity index (χ3n) is 2.42. The smallest absolute Gasteiger partial charge is 0.266 e. The van der Waals surface area contributed by atoms with Crippen molar-refractivity contribution in [3.05, 3.63) is 45.9 Å². The van der Waals surface area contributed by atoms with Crippen LogP contribution in [-0.4, -0.2) is 16.8 Å². The van der Waals surface area contributed by atoms with Gasteiger partial charge in [-0.05, 0) is 29.7 Å². The van der Waals surface area contributed by atoms with Crippen LogP contribution in [0.5, 0.6) is 0 Å². The molecular formula is C13H10N4O2S. The predicted molar refractivity (Wildman–Crippen MR) is 75.8 cm³/mol. The second-order valence-corrected chi connectivity index (χ2v) is 4.69. The Hall–Kier alpha value is -2.85. The van der Waals surface area contributed by atoms with E-state index in [9.17, 15) is 9.59 Å². The number of rotatable bonds is 4. The van der Waals surface area contributed by atoms with Crippen LogP contribution in [0.3, 0.4) is 0 Å². The molecule has 2 heterocycles. The number of aromatic nitrogens is 1. The number of amides is 2. The number of anilines is 1. The van der Waals surface area contributed by atoms with Crippen molar-refractivity contribution in [3.63, 3.8) is 0 Å². The topological polar surface area (TPSA) is 112 Å². The van der Waals surface area contributed by atoms with Crippen LogP contribution in [-0.2, 0) is 4.79 Å². The molecule has 6 nitrogen and oxygen atoms in total. The van der Waals surface area contributed by atoms with Crippen LogP contribution in [0.4, 0.5) is 5.69 Å². The fraction of sp³-hybridized carbons (Fsp3) is 0. The van der Waals surface area contributed by atoms with Gasteiger partial charge in [0.15, 0.2) is 0 Å². The first-order valence-electron chi connectivity index (χ1n) is 5.55. The summed E-state index contributed by atoms with van der Waals surface area (Å²) in [7, 11) is 0. The highest BCUT2D eigenvalue weighted by atomic mass is 32.1. The summed E-state index contributed by atoms with van der Waals surface area (Å²) in [5.74, 6) is -1.22. The van der Waals surface area contributed by atoms with Gasteiger partial charge in [-0.2, -0.15) is 5.26 Å². The summed E-state index contributed by atoms with van der Waals surface area (Å²) >= 11 is 1.13. The van der Waals surface area contributed by atoms with Crippen LogP contribution < -0.4 is 11.1 Å². The lowest BCUT2D eigenvalue weighted by Gasteiger charge is -2.03. The number of carbonyl (C=O) groups excluding carboxylic acids is 2. The van der Waals surface area contributed by atoms with Crippen LogP contribution in [0, 0.1) is 11.3 Å². The first-order valence-corrected chi connectivity index (χ1v) is 6.43. The largest absolute Gasteiger partial charge is 0.365 e. The summed E-state index contributed by atoms with van der Waals surface area (Å²) in [6.07, 6.45) is 3.11. The molecule has 4 N–H and O–H groups in total. The van der Waals surface area contributed by atoms with Crippen molar-refractivity contribution >= 4 is 34.9 Å². The molecule has 0 aliphatic rings. The number of hydrogen-bond donors (Lipinski definition) is 3. The lowest BCUT2D eigenvalue weighted by molar-refractivity contribution is -0.112. The average Bonchev–Trinajstić information content (AvgIpc) is 3.06. The molecule has 0 saturated carbocycles. The van der Waals surface area contributed by atoms with E-state index in [1.165, 1.54) is 6.08 Å². The molecule has 0 radical (unpaired) electrons. The van der Waals surface area contributed by atoms with Gasteiger partial charge in [-0.3, -0.25) is 9.59 Å². The molecule has 2 rings (SSSR count). The van der Waals surface area contributed by atoms with E-state index in [1.54, 1.807) is 29.8 Å². The number of aromatic amines is 1. The van der Waals surface area contributed by atoms with E-state index in [0.29, 0.717) is 11.4 Å². The summed E-state index contributed by atoms with van der Waals surface area (Å²) in [6, 6.07) is 6.86. The van der Waals surface area contributed by atoms with E-state index in [-0.39, 0.29) is 10.5 Å². The molecule has 0 aliphatic heterocycles. The van der Waals surface area contributed by atoms with Gasteiger partial charge in [-0.15, -0.1) is 11.3 Å². The van der Waals surface area contributed by atoms with E-state index in [2.05, 4.69) is 10.3 Å². The van der Waals surface area contributed by atoms with Gasteiger partial charge in [0.1, 0.15) is 16.5 Å². The Morgan fingerprint density at radius 1 is 1.45 bits per heavy atom. The number of primary amides is 1. The first kappa shape index (κ1) is 13.6. The lowest BCUT2D eigenvalue weighted by atomic mass is 10.2. The normalized spacial score (nSPS) is 10.8. The van der Waals surface area contributed by atoms with Gasteiger partial charge in [0.05, 0.1) is 5.69 Å². The highest BCUT2D eigenvalue weighted by molar-refractivity contribution is 7.12. The molecule has 0 atom stereocenters. The van der Waals surface area contributed by atoms with Crippen molar-refractivity contribution in [3.8, 4) is 6.07 Å². The lowest BCUT2D eigenvalue weighted by Crippen LogP contribution is -2.17. The van der Waals surface area contributed by atoms with E-state index in [0.717, 1.165) is 11.3 Å². The number of nitrogens with two attached hydrogens (primary N) is 1. The molecule has 0 saturated heterocycles. The zero-order valence-corrected chi connectivity index (χ0v) is 11.0. The molecule has 7 heteroatoms. The second-order valence-electron chi connectivity index (χ2n) is 3.78. The van der Waals surface area contributed by atoms with Crippen LogP contribution in [0.25, 0.3) is 6.08 Å². The van der Waals surface area contributed by atoms with Crippen LogP contribution in [0.1, 0.15) is 15.4 Å². The summed E-state index contributed by atoms with van der Waals surface area (Å²) in [5.41, 5.74) is 6.06. The third-order valence-corrected chi connectivity index (χ3v) is 3.35. The molecule has 0 unspecified atom stereocenters. The van der Waals surface area contributed by atoms with Gasteiger partial charge in [-0.1, -0.05) is 0 Å². The van der Waals surface area contributed by atoms with Gasteiger partial charge in [0.25, 0.3) is 11.8 Å². The van der Waals surface area contributed by atoms with Crippen molar-refractivity contribution < 1.29 is 9.59 Å². The molecule has 0 aromatic carbocycles. The van der Waals surface area contributed by atoms with Crippen molar-refractivity contribution in [1.82, 2.24) is 4.98 Å². The Bertz CT molecular complexity index is 707. The van der Waals surface area contributed by atoms with Gasteiger partial charge in [0.2, 0.25) is 0 Å². The Balaban J connectivity index is 2.21. The van der Waals surface area contributed by atoms with Gasteiger partial charge < -0.3 is 16.0 Å². The number of hydrogen-bond acceptors (Lipinski definition) is 4. The van der Waals surface area contributed by atoms with E-state index in [4.69, 9.17) is 11.0 Å². The molecule has 0 aliphatic carbocycles. The maximum Gasteiger partial charge on any atom is 0.266 e. The zero-order chi connectivity index (χ0) is 14.5. The summed E-state index contributed by atoms with van der Waals surface area (Å²) in [6.45, 7) is 0. The molecule has 100 valence electrons. The number of H-pyrrole nitrogens is 1. The first-order chi connectivity index (χ1) is 9.61. The predicted octanol–water partition coefficient (Wildman–Crippen LogP) is 1.72. The SMILES string of the molecule is N#C/C(=C\c1ccc[nH]1)C(=O)Nc1ccsc1C(N)=O. The number of thiophene rings is 1. The maximum atomic E-state index is 12.0. The molecule has 2 amide bonds. The minimum absolute atomic E-state index is 0.0749. The number of nitrogens with one attached hydrogen (secondary N) is 2. The van der Waals surface area contributed by atoms with E-state index >= 15 is 0 Å². The Labute approximate surface area is 118 Å². The standard InChI is InChI=1S/C13H10N4O2S/c14-7-8(6-9-2-1-4-16-9)13(19)17-10-3-5-20-11(10)12(15)18/h1-6,16H,(H2,15,18)(H,17,19)/b8-6+. The molecule has 2 aromatic rings. The van der Waals surface area contributed by atoms with Crippen molar-refractivity contribution in [2.24, 2.45) is 5.73 Å². The monoisotopic (exact) mass is 286 g/mol. The number of nitrogens with zero attached hydrogens (tertiary/aromatic N) is 1. The maximum absolute atomic E-state index is 12.0. The summed E-state index contributed by atoms with van der Waals surface area (Å²) in [4.78, 5) is 26.2. The van der Waals surface area contributed by atoms with Gasteiger partial charge >= 0.3 is 0 Å². The van der Waals surface area contributed by atoms with Crippen molar-refractivity contribution in [2.75, 3.05) is 5.32 Å². The Morgan fingerprint density at radius 3 is 2.85 bits per heavy atom. The molecule has 20 heavy (non-hydrogen) atoms. The van der Waals surface area contributed by atoms with Crippen LogP contribution in [0.2, 0.25) is 0 Å². The van der Waals surface area contributed by atoms with Crippen molar-refractivity contribution in [1.29, 1.82) is 5.26 Å². The minimum atomic E-state index is -0.623. The average molecular weight is 286 g/mol. The highest BCUT2D eigenvalue weighted by Gasteiger charge is 2.15. The van der Waals surface area contributed by atoms with E-state index in [1.807, 2.05) is 6.07 Å². The molecule has 0 bridgehead atoms. The molecule has 2 aromatic heterocycles. The highest BCUT2D eigenvalue weighted by Crippen LogP contribution is 2.22. The zero-order valence-electron chi connectivity index (χ0n) is 10.2. The minimum Gasteiger partial charge on any atom is -0.365 e. The Kier molecular flexibility index (Phi) is 3.98. The molecule has 0 fully saturated rings. The van der Waals surface area contributed by atoms with Crippen LogP contribution in [0.15, 0.2) is 35.3 Å². The fourth-order valence-corrected chi connectivity index (χ4v) is 2.23. The van der Waals surface area contributed by atoms with Crippen molar-refractivity contribution in [2.45, 2.75) is 0 Å². The van der Waals surface area contributed by atoms with Gasteiger partial charge in [-0.25, -0.2) is 0 Å². The summed E-state index contributed by atoms with van der Waals surface area (Å²) < 4.78 is 0. The quantitative estimate of drug-likeness (QED) is 0.587. The molecular weight excluding hydrogens is 276 g/mol. The van der Waals surface area contributed by atoms with E-state index < -0.39 is 11.8 Å². The summed E-state index contributed by atoms with van der Waals surface area (Å²) in [5, 5.41) is 13.2. The number of nitriles is 1. The Morgan fingerprint density at radius 2 is 2.25 bits per heavy atom. The van der Waals surface area contributed by atoms with Crippen LogP contribution >= 0.6 is 11.3 Å².